The van der Waals surface area contributed by atoms with Crippen molar-refractivity contribution in [3.8, 4) is 11.1 Å². The Bertz CT molecular complexity index is 512. The summed E-state index contributed by atoms with van der Waals surface area (Å²) in [6, 6.07) is 7.67. The van der Waals surface area contributed by atoms with E-state index in [9.17, 15) is 4.79 Å². The van der Waals surface area contributed by atoms with Gasteiger partial charge in [0, 0.05) is 24.5 Å². The van der Waals surface area contributed by atoms with E-state index in [1.54, 1.807) is 36.4 Å². The first-order valence-electron chi connectivity index (χ1n) is 5.65. The molecule has 2 rings (SSSR count). The quantitative estimate of drug-likeness (QED) is 0.837. The van der Waals surface area contributed by atoms with Crippen LogP contribution in [0.5, 0.6) is 0 Å². The molecule has 0 aliphatic rings. The lowest BCUT2D eigenvalue weighted by atomic mass is 10.1. The maximum Gasteiger partial charge on any atom is 0.461 e. The summed E-state index contributed by atoms with van der Waals surface area (Å²) in [5.74, 6) is 0. The Balaban J connectivity index is 2.09. The summed E-state index contributed by atoms with van der Waals surface area (Å²) in [6.45, 7) is 2.11. The van der Waals surface area contributed by atoms with Gasteiger partial charge in [0.2, 0.25) is 12.4 Å². The van der Waals surface area contributed by atoms with Crippen molar-refractivity contribution in [1.29, 1.82) is 0 Å². The van der Waals surface area contributed by atoms with Gasteiger partial charge in [-0.25, -0.2) is 4.79 Å². The van der Waals surface area contributed by atoms with Gasteiger partial charge < -0.3 is 4.74 Å². The number of hydrogen-bond acceptors (Lipinski definition) is 3. The van der Waals surface area contributed by atoms with Gasteiger partial charge in [0.05, 0.1) is 6.61 Å². The Morgan fingerprint density at radius 2 is 1.83 bits per heavy atom. The second-order valence-corrected chi connectivity index (χ2v) is 3.56. The third kappa shape index (κ3) is 3.04. The molecule has 0 atom stereocenters. The van der Waals surface area contributed by atoms with E-state index in [1.165, 1.54) is 0 Å². The lowest BCUT2D eigenvalue weighted by Crippen LogP contribution is -2.47. The number of nitrogens with zero attached hydrogens (tertiary/aromatic N) is 2. The van der Waals surface area contributed by atoms with Crippen LogP contribution in [-0.2, 0) is 4.74 Å². The number of aromatic nitrogens is 2. The van der Waals surface area contributed by atoms with Crippen molar-refractivity contribution in [3.05, 3.63) is 49.1 Å². The Labute approximate surface area is 105 Å². The van der Waals surface area contributed by atoms with Crippen molar-refractivity contribution in [2.45, 2.75) is 6.92 Å². The zero-order valence-corrected chi connectivity index (χ0v) is 10.0. The molecule has 2 aromatic rings. The molecule has 0 saturated carbocycles. The van der Waals surface area contributed by atoms with Gasteiger partial charge in [0.25, 0.3) is 0 Å². The van der Waals surface area contributed by atoms with Crippen LogP contribution in [0.15, 0.2) is 49.1 Å². The fourth-order valence-corrected chi connectivity index (χ4v) is 1.51. The normalized spacial score (nSPS) is 9.83. The van der Waals surface area contributed by atoms with E-state index in [0.29, 0.717) is 6.61 Å². The summed E-state index contributed by atoms with van der Waals surface area (Å²) in [6.07, 6.45) is 6.53. The molecule has 0 aromatic carbocycles. The Hall–Kier alpha value is -2.43. The summed E-state index contributed by atoms with van der Waals surface area (Å²) in [7, 11) is 0. The minimum Gasteiger partial charge on any atom is -0.446 e. The van der Waals surface area contributed by atoms with E-state index >= 15 is 0 Å². The first-order chi connectivity index (χ1) is 8.79. The number of carbonyl (C=O) groups excluding carboxylic acids is 1. The number of hydrogen-bond donors (Lipinski definition) is 1. The molecule has 5 nitrogen and oxygen atoms in total. The van der Waals surface area contributed by atoms with Crippen molar-refractivity contribution in [2.24, 2.45) is 0 Å². The first kappa shape index (κ1) is 12.0. The predicted octanol–water partition coefficient (Wildman–Crippen LogP) is 1.74. The number of amides is 1. The highest BCUT2D eigenvalue weighted by Gasteiger charge is 2.07. The summed E-state index contributed by atoms with van der Waals surface area (Å²) < 4.78 is 6.33. The third-order valence-electron chi connectivity index (χ3n) is 2.34. The smallest absolute Gasteiger partial charge is 0.446 e. The Morgan fingerprint density at radius 1 is 1.22 bits per heavy atom. The highest BCUT2D eigenvalue weighted by molar-refractivity contribution is 5.73. The standard InChI is InChI=1S/C13H13N3O2/c1-2-18-13(17)15-16-9-5-12(6-10-16)11-3-7-14-8-4-11/h3-10H,2H2,1H3/p+1. The van der Waals surface area contributed by atoms with Gasteiger partial charge >= 0.3 is 6.09 Å². The van der Waals surface area contributed by atoms with E-state index in [-0.39, 0.29) is 0 Å². The van der Waals surface area contributed by atoms with E-state index in [2.05, 4.69) is 10.4 Å². The van der Waals surface area contributed by atoms with Crippen LogP contribution < -0.4 is 10.1 Å². The Morgan fingerprint density at radius 3 is 2.44 bits per heavy atom. The van der Waals surface area contributed by atoms with Crippen LogP contribution in [0, 0.1) is 0 Å². The number of carbonyl (C=O) groups is 1. The zero-order valence-electron chi connectivity index (χ0n) is 10.0. The number of nitrogens with one attached hydrogen (secondary N) is 1. The average molecular weight is 244 g/mol. The van der Waals surface area contributed by atoms with Gasteiger partial charge in [0.15, 0.2) is 0 Å². The molecule has 1 amide bonds. The molecule has 0 aliphatic heterocycles. The third-order valence-corrected chi connectivity index (χ3v) is 2.34. The highest BCUT2D eigenvalue weighted by Crippen LogP contribution is 2.15. The van der Waals surface area contributed by atoms with Crippen LogP contribution in [0.3, 0.4) is 0 Å². The molecule has 0 bridgehead atoms. The summed E-state index contributed by atoms with van der Waals surface area (Å²) in [5, 5.41) is 0. The largest absolute Gasteiger partial charge is 0.461 e. The molecule has 0 aliphatic carbocycles. The van der Waals surface area contributed by atoms with Crippen molar-refractivity contribution in [2.75, 3.05) is 12.0 Å². The van der Waals surface area contributed by atoms with Crippen LogP contribution in [0.1, 0.15) is 6.92 Å². The van der Waals surface area contributed by atoms with E-state index in [0.717, 1.165) is 11.1 Å². The summed E-state index contributed by atoms with van der Waals surface area (Å²) >= 11 is 0. The van der Waals surface area contributed by atoms with Gasteiger partial charge in [-0.15, -0.1) is 0 Å². The zero-order chi connectivity index (χ0) is 12.8. The van der Waals surface area contributed by atoms with Crippen LogP contribution >= 0.6 is 0 Å². The van der Waals surface area contributed by atoms with Gasteiger partial charge in [-0.05, 0) is 30.2 Å². The van der Waals surface area contributed by atoms with Gasteiger partial charge in [0.1, 0.15) is 0 Å². The average Bonchev–Trinajstić information content (AvgIpc) is 2.41. The fraction of sp³-hybridized carbons (Fsp3) is 0.154. The molecule has 1 N–H and O–H groups in total. The van der Waals surface area contributed by atoms with Gasteiger partial charge in [-0.2, -0.15) is 0 Å². The van der Waals surface area contributed by atoms with Crippen molar-refractivity contribution in [1.82, 2.24) is 4.98 Å². The molecule has 92 valence electrons. The summed E-state index contributed by atoms with van der Waals surface area (Å²) in [5.41, 5.74) is 4.70. The number of rotatable bonds is 3. The van der Waals surface area contributed by atoms with Crippen LogP contribution in [0.2, 0.25) is 0 Å². The van der Waals surface area contributed by atoms with Crippen molar-refractivity contribution in [3.63, 3.8) is 0 Å². The van der Waals surface area contributed by atoms with Crippen LogP contribution in [0.25, 0.3) is 11.1 Å². The maximum absolute atomic E-state index is 11.2. The van der Waals surface area contributed by atoms with Crippen LogP contribution in [-0.4, -0.2) is 17.7 Å². The van der Waals surface area contributed by atoms with Crippen molar-refractivity contribution >= 4 is 6.09 Å². The van der Waals surface area contributed by atoms with E-state index in [1.807, 2.05) is 24.3 Å². The van der Waals surface area contributed by atoms with E-state index in [4.69, 9.17) is 4.74 Å². The molecular weight excluding hydrogens is 230 g/mol. The number of ether oxygens (including phenoxy) is 1. The molecule has 2 heterocycles. The minimum absolute atomic E-state index is 0.349. The topological polar surface area (TPSA) is 55.1 Å². The number of pyridine rings is 2. The monoisotopic (exact) mass is 244 g/mol. The minimum atomic E-state index is -0.473. The highest BCUT2D eigenvalue weighted by atomic mass is 16.5. The lowest BCUT2D eigenvalue weighted by molar-refractivity contribution is -0.642. The maximum atomic E-state index is 11.2. The van der Waals surface area contributed by atoms with Gasteiger partial charge in [-0.3, -0.25) is 4.98 Å². The second-order valence-electron chi connectivity index (χ2n) is 3.56. The SMILES string of the molecule is CCOC(=O)N[n+]1ccc(-c2ccncc2)cc1. The molecule has 0 saturated heterocycles. The molecule has 0 radical (unpaired) electrons. The fourth-order valence-electron chi connectivity index (χ4n) is 1.51. The van der Waals surface area contributed by atoms with Crippen LogP contribution in [0.4, 0.5) is 4.79 Å². The second kappa shape index (κ2) is 5.77. The predicted molar refractivity (Wildman–Crippen MR) is 66.3 cm³/mol. The molecule has 0 unspecified atom stereocenters. The van der Waals surface area contributed by atoms with Crippen molar-refractivity contribution < 1.29 is 14.2 Å². The van der Waals surface area contributed by atoms with Gasteiger partial charge in [-0.1, -0.05) is 10.1 Å². The first-order valence-corrected chi connectivity index (χ1v) is 5.65. The Kier molecular flexibility index (Phi) is 3.86. The molecule has 5 heteroatoms. The molecule has 2 aromatic heterocycles. The van der Waals surface area contributed by atoms with E-state index < -0.39 is 6.09 Å². The molecular formula is C13H14N3O2+. The molecule has 0 spiro atoms. The summed E-state index contributed by atoms with van der Waals surface area (Å²) in [4.78, 5) is 15.2. The molecule has 0 fully saturated rings. The molecule has 18 heavy (non-hydrogen) atoms. The lowest BCUT2D eigenvalue weighted by Gasteiger charge is -2.01.